The second-order valence-corrected chi connectivity index (χ2v) is 6.31. The maximum absolute atomic E-state index is 5.95. The van der Waals surface area contributed by atoms with Gasteiger partial charge in [-0.15, -0.1) is 0 Å². The third-order valence-corrected chi connectivity index (χ3v) is 4.69. The molecule has 0 radical (unpaired) electrons. The molecule has 2 aromatic carbocycles. The molecular formula is C22H29NO4. The highest BCUT2D eigenvalue weighted by atomic mass is 16.5. The van der Waals surface area contributed by atoms with Crippen LogP contribution in [0.5, 0.6) is 23.0 Å². The van der Waals surface area contributed by atoms with Gasteiger partial charge in [0.05, 0.1) is 33.0 Å². The maximum Gasteiger partial charge on any atom is 0.166 e. The Balaban J connectivity index is 2.10. The van der Waals surface area contributed by atoms with E-state index in [0.717, 1.165) is 41.5 Å². The zero-order chi connectivity index (χ0) is 19.2. The Labute approximate surface area is 161 Å². The van der Waals surface area contributed by atoms with Crippen molar-refractivity contribution >= 4 is 0 Å². The Morgan fingerprint density at radius 3 is 2.26 bits per heavy atom. The molecule has 0 spiro atoms. The lowest BCUT2D eigenvalue weighted by Gasteiger charge is -2.30. The van der Waals surface area contributed by atoms with E-state index in [1.54, 1.807) is 7.11 Å². The fourth-order valence-corrected chi connectivity index (χ4v) is 3.60. The molecular weight excluding hydrogens is 342 g/mol. The van der Waals surface area contributed by atoms with Crippen molar-refractivity contribution in [2.24, 2.45) is 0 Å². The van der Waals surface area contributed by atoms with E-state index in [1.807, 2.05) is 32.9 Å². The normalized spacial score (nSPS) is 15.8. The monoisotopic (exact) mass is 371 g/mol. The van der Waals surface area contributed by atoms with E-state index in [1.165, 1.54) is 11.1 Å². The van der Waals surface area contributed by atoms with Crippen LogP contribution in [0.2, 0.25) is 0 Å². The molecule has 1 N–H and O–H groups in total. The van der Waals surface area contributed by atoms with E-state index in [-0.39, 0.29) is 6.04 Å². The number of fused-ring (bicyclic) bond motifs is 1. The van der Waals surface area contributed by atoms with Crippen LogP contribution in [0, 0.1) is 0 Å². The Morgan fingerprint density at radius 2 is 1.59 bits per heavy atom. The molecule has 2 aromatic rings. The van der Waals surface area contributed by atoms with E-state index in [9.17, 15) is 0 Å². The molecule has 0 aromatic heterocycles. The lowest BCUT2D eigenvalue weighted by atomic mass is 9.88. The van der Waals surface area contributed by atoms with Crippen molar-refractivity contribution in [3.63, 3.8) is 0 Å². The molecule has 5 nitrogen and oxygen atoms in total. The van der Waals surface area contributed by atoms with Gasteiger partial charge in [-0.3, -0.25) is 0 Å². The summed E-state index contributed by atoms with van der Waals surface area (Å²) < 4.78 is 23.1. The average Bonchev–Trinajstić information content (AvgIpc) is 2.69. The van der Waals surface area contributed by atoms with Crippen molar-refractivity contribution in [2.75, 3.05) is 33.5 Å². The van der Waals surface area contributed by atoms with Crippen LogP contribution in [0.4, 0.5) is 0 Å². The number of hydrogen-bond donors (Lipinski definition) is 1. The molecule has 0 bridgehead atoms. The van der Waals surface area contributed by atoms with Gasteiger partial charge in [0.25, 0.3) is 0 Å². The summed E-state index contributed by atoms with van der Waals surface area (Å²) in [6.45, 7) is 8.65. The molecule has 0 fully saturated rings. The summed E-state index contributed by atoms with van der Waals surface area (Å²) in [5, 5.41) is 3.63. The Hall–Kier alpha value is -2.40. The van der Waals surface area contributed by atoms with Gasteiger partial charge in [-0.1, -0.05) is 12.1 Å². The highest BCUT2D eigenvalue weighted by Crippen LogP contribution is 2.42. The molecule has 1 unspecified atom stereocenters. The molecule has 146 valence electrons. The van der Waals surface area contributed by atoms with Gasteiger partial charge in [0.15, 0.2) is 23.0 Å². The lowest BCUT2D eigenvalue weighted by Crippen LogP contribution is -2.31. The first-order valence-electron chi connectivity index (χ1n) is 9.68. The Bertz CT molecular complexity index is 775. The summed E-state index contributed by atoms with van der Waals surface area (Å²) in [4.78, 5) is 0. The summed E-state index contributed by atoms with van der Waals surface area (Å²) in [7, 11) is 1.67. The molecule has 0 aliphatic carbocycles. The summed E-state index contributed by atoms with van der Waals surface area (Å²) in [6, 6.07) is 10.3. The largest absolute Gasteiger partial charge is 0.493 e. The third kappa shape index (κ3) is 3.98. The fraction of sp³-hybridized carbons (Fsp3) is 0.455. The first-order chi connectivity index (χ1) is 13.2. The topological polar surface area (TPSA) is 49.0 Å². The lowest BCUT2D eigenvalue weighted by molar-refractivity contribution is 0.286. The smallest absolute Gasteiger partial charge is 0.166 e. The van der Waals surface area contributed by atoms with Crippen LogP contribution < -0.4 is 24.3 Å². The summed E-state index contributed by atoms with van der Waals surface area (Å²) in [5.74, 6) is 3.14. The summed E-state index contributed by atoms with van der Waals surface area (Å²) in [6.07, 6.45) is 0.951. The standard InChI is InChI=1S/C22H29NO4/c1-5-25-19-13-15-11-12-23-21(17(15)14-20(19)26-6-2)16-9-8-10-18(24-4)22(16)27-7-3/h8-10,13-14,21,23H,5-7,11-12H2,1-4H3. The van der Waals surface area contributed by atoms with E-state index in [4.69, 9.17) is 18.9 Å². The van der Waals surface area contributed by atoms with Crippen LogP contribution in [-0.2, 0) is 6.42 Å². The van der Waals surface area contributed by atoms with Gasteiger partial charge in [-0.2, -0.15) is 0 Å². The van der Waals surface area contributed by atoms with Crippen molar-refractivity contribution < 1.29 is 18.9 Å². The van der Waals surface area contributed by atoms with Gasteiger partial charge in [0.2, 0.25) is 0 Å². The van der Waals surface area contributed by atoms with E-state index in [0.29, 0.717) is 19.8 Å². The molecule has 0 saturated carbocycles. The molecule has 3 rings (SSSR count). The Morgan fingerprint density at radius 1 is 0.889 bits per heavy atom. The number of benzene rings is 2. The summed E-state index contributed by atoms with van der Waals surface area (Å²) in [5.41, 5.74) is 3.54. The van der Waals surface area contributed by atoms with Crippen molar-refractivity contribution in [3.05, 3.63) is 47.0 Å². The highest BCUT2D eigenvalue weighted by molar-refractivity contribution is 5.56. The quantitative estimate of drug-likeness (QED) is 0.756. The van der Waals surface area contributed by atoms with Crippen LogP contribution in [-0.4, -0.2) is 33.5 Å². The average molecular weight is 371 g/mol. The molecule has 5 heteroatoms. The second-order valence-electron chi connectivity index (χ2n) is 6.31. The third-order valence-electron chi connectivity index (χ3n) is 4.69. The van der Waals surface area contributed by atoms with Gasteiger partial charge < -0.3 is 24.3 Å². The second kappa shape index (κ2) is 9.00. The number of para-hydroxylation sites is 1. The summed E-state index contributed by atoms with van der Waals surface area (Å²) >= 11 is 0. The maximum atomic E-state index is 5.95. The minimum Gasteiger partial charge on any atom is -0.493 e. The van der Waals surface area contributed by atoms with Gasteiger partial charge >= 0.3 is 0 Å². The minimum atomic E-state index is 0.0142. The van der Waals surface area contributed by atoms with Crippen LogP contribution in [0.3, 0.4) is 0 Å². The van der Waals surface area contributed by atoms with Crippen LogP contribution in [0.1, 0.15) is 43.5 Å². The van der Waals surface area contributed by atoms with Crippen LogP contribution in [0.15, 0.2) is 30.3 Å². The SMILES string of the molecule is CCOc1cc2c(cc1OCC)C(c1cccc(OC)c1OCC)NCC2. The number of nitrogens with one attached hydrogen (secondary N) is 1. The van der Waals surface area contributed by atoms with Crippen LogP contribution in [0.25, 0.3) is 0 Å². The van der Waals surface area contributed by atoms with Crippen molar-refractivity contribution in [2.45, 2.75) is 33.2 Å². The van der Waals surface area contributed by atoms with E-state index < -0.39 is 0 Å². The van der Waals surface area contributed by atoms with Gasteiger partial charge in [0, 0.05) is 12.1 Å². The van der Waals surface area contributed by atoms with Crippen LogP contribution >= 0.6 is 0 Å². The molecule has 0 saturated heterocycles. The zero-order valence-electron chi connectivity index (χ0n) is 16.6. The Kier molecular flexibility index (Phi) is 6.45. The predicted octanol–water partition coefficient (Wildman–Crippen LogP) is 4.13. The zero-order valence-corrected chi connectivity index (χ0v) is 16.6. The molecule has 1 heterocycles. The van der Waals surface area contributed by atoms with Crippen molar-refractivity contribution in [3.8, 4) is 23.0 Å². The number of ether oxygens (including phenoxy) is 4. The van der Waals surface area contributed by atoms with E-state index >= 15 is 0 Å². The van der Waals surface area contributed by atoms with Gasteiger partial charge in [-0.05, 0) is 56.5 Å². The van der Waals surface area contributed by atoms with Gasteiger partial charge in [0.1, 0.15) is 0 Å². The molecule has 27 heavy (non-hydrogen) atoms. The first kappa shape index (κ1) is 19.4. The predicted molar refractivity (Wildman–Crippen MR) is 106 cm³/mol. The molecule has 0 amide bonds. The number of hydrogen-bond acceptors (Lipinski definition) is 5. The minimum absolute atomic E-state index is 0.0142. The van der Waals surface area contributed by atoms with Crippen molar-refractivity contribution in [1.82, 2.24) is 5.32 Å². The van der Waals surface area contributed by atoms with E-state index in [2.05, 4.69) is 23.5 Å². The first-order valence-corrected chi connectivity index (χ1v) is 9.68. The van der Waals surface area contributed by atoms with Gasteiger partial charge in [-0.25, -0.2) is 0 Å². The molecule has 1 aliphatic heterocycles. The molecule has 1 atom stereocenters. The highest BCUT2D eigenvalue weighted by Gasteiger charge is 2.27. The molecule has 1 aliphatic rings. The number of rotatable bonds is 8. The fourth-order valence-electron chi connectivity index (χ4n) is 3.60. The van der Waals surface area contributed by atoms with Crippen molar-refractivity contribution in [1.29, 1.82) is 0 Å². The number of methoxy groups -OCH3 is 1.